The normalized spacial score (nSPS) is 15.6. The molecule has 0 saturated heterocycles. The zero-order valence-corrected chi connectivity index (χ0v) is 25.1. The lowest BCUT2D eigenvalue weighted by molar-refractivity contribution is -0.127. The van der Waals surface area contributed by atoms with Crippen LogP contribution in [0, 0.1) is 17.8 Å². The molecule has 0 spiro atoms. The highest BCUT2D eigenvalue weighted by Gasteiger charge is 2.34. The summed E-state index contributed by atoms with van der Waals surface area (Å²) in [6, 6.07) is 21.9. The van der Waals surface area contributed by atoms with Gasteiger partial charge < -0.3 is 14.4 Å². The number of fused-ring (bicyclic) bond motifs is 1. The molecule has 5 heteroatoms. The first kappa shape index (κ1) is 29.5. The van der Waals surface area contributed by atoms with E-state index in [1.54, 1.807) is 30.9 Å². The van der Waals surface area contributed by atoms with Gasteiger partial charge in [0.1, 0.15) is 11.3 Å². The highest BCUT2D eigenvalue weighted by atomic mass is 16.7. The molecule has 1 saturated carbocycles. The molecule has 5 nitrogen and oxygen atoms in total. The molecule has 3 aromatic rings. The van der Waals surface area contributed by atoms with Crippen LogP contribution >= 0.6 is 0 Å². The van der Waals surface area contributed by atoms with E-state index < -0.39 is 11.8 Å². The third-order valence-corrected chi connectivity index (χ3v) is 8.15. The number of benzene rings is 3. The summed E-state index contributed by atoms with van der Waals surface area (Å²) in [5, 5.41) is 0. The molecule has 1 fully saturated rings. The Bertz CT molecular complexity index is 1450. The maximum absolute atomic E-state index is 13.6. The first-order valence-electron chi connectivity index (χ1n) is 15.4. The van der Waals surface area contributed by atoms with Crippen LogP contribution in [0.15, 0.2) is 66.7 Å². The van der Waals surface area contributed by atoms with E-state index in [9.17, 15) is 9.59 Å². The lowest BCUT2D eigenvalue weighted by atomic mass is 10.0. The average molecular weight is 564 g/mol. The van der Waals surface area contributed by atoms with Gasteiger partial charge in [0.2, 0.25) is 11.7 Å². The van der Waals surface area contributed by atoms with Crippen molar-refractivity contribution < 1.29 is 19.1 Å². The highest BCUT2D eigenvalue weighted by Crippen LogP contribution is 2.35. The van der Waals surface area contributed by atoms with Crippen LogP contribution < -0.4 is 9.64 Å². The molecule has 0 N–H and O–H groups in total. The van der Waals surface area contributed by atoms with Gasteiger partial charge in [-0.05, 0) is 78.8 Å². The van der Waals surface area contributed by atoms with Gasteiger partial charge >= 0.3 is 5.97 Å². The summed E-state index contributed by atoms with van der Waals surface area (Å²) >= 11 is 0. The van der Waals surface area contributed by atoms with E-state index >= 15 is 0 Å². The molecule has 0 aromatic heterocycles. The summed E-state index contributed by atoms with van der Waals surface area (Å²) in [4.78, 5) is 28.1. The average Bonchev–Trinajstić information content (AvgIpc) is 3.51. The van der Waals surface area contributed by atoms with Crippen molar-refractivity contribution in [3.8, 4) is 17.6 Å². The van der Waals surface area contributed by atoms with Gasteiger partial charge in [-0.3, -0.25) is 4.79 Å². The molecular formula is C37H41NO4. The molecule has 1 aliphatic carbocycles. The highest BCUT2D eigenvalue weighted by molar-refractivity contribution is 5.98. The second-order valence-corrected chi connectivity index (χ2v) is 12.0. The number of cyclic esters (lactones) is 1. The molecule has 42 heavy (non-hydrogen) atoms. The monoisotopic (exact) mass is 563 g/mol. The van der Waals surface area contributed by atoms with E-state index in [0.717, 1.165) is 29.5 Å². The molecule has 3 aromatic carbocycles. The maximum atomic E-state index is 13.6. The first-order valence-corrected chi connectivity index (χ1v) is 15.4. The largest absolute Gasteiger partial charge is 0.452 e. The predicted molar refractivity (Wildman–Crippen MR) is 166 cm³/mol. The van der Waals surface area contributed by atoms with Crippen LogP contribution in [-0.2, 0) is 22.5 Å². The van der Waals surface area contributed by atoms with Crippen molar-refractivity contribution in [2.75, 3.05) is 4.90 Å². The smallest absolute Gasteiger partial charge is 0.345 e. The Morgan fingerprint density at radius 1 is 0.905 bits per heavy atom. The van der Waals surface area contributed by atoms with E-state index in [0.29, 0.717) is 35.9 Å². The van der Waals surface area contributed by atoms with Gasteiger partial charge in [0.25, 0.3) is 0 Å². The fraction of sp³-hybridized carbons (Fsp3) is 0.405. The van der Waals surface area contributed by atoms with Crippen LogP contribution in [0.1, 0.15) is 105 Å². The summed E-state index contributed by atoms with van der Waals surface area (Å²) in [6.45, 7) is 6.02. The number of hydrogen-bond acceptors (Lipinski definition) is 4. The van der Waals surface area contributed by atoms with E-state index in [-0.39, 0.29) is 5.91 Å². The van der Waals surface area contributed by atoms with E-state index in [1.807, 2.05) is 30.3 Å². The minimum Gasteiger partial charge on any atom is -0.452 e. The molecule has 0 bridgehead atoms. The van der Waals surface area contributed by atoms with Crippen molar-refractivity contribution in [2.24, 2.45) is 5.92 Å². The maximum Gasteiger partial charge on any atom is 0.345 e. The zero-order chi connectivity index (χ0) is 29.5. The fourth-order valence-electron chi connectivity index (χ4n) is 5.74. The van der Waals surface area contributed by atoms with Crippen molar-refractivity contribution in [1.82, 2.24) is 0 Å². The number of rotatable bonds is 9. The molecule has 1 aliphatic heterocycles. The van der Waals surface area contributed by atoms with Gasteiger partial charge in [0.05, 0.1) is 6.54 Å². The van der Waals surface area contributed by atoms with Gasteiger partial charge in [-0.1, -0.05) is 75.1 Å². The van der Waals surface area contributed by atoms with Crippen LogP contribution in [0.4, 0.5) is 5.69 Å². The van der Waals surface area contributed by atoms with Gasteiger partial charge in [-0.25, -0.2) is 4.79 Å². The Morgan fingerprint density at radius 2 is 1.55 bits per heavy atom. The number of aryl methyl sites for hydroxylation is 1. The molecule has 1 amide bonds. The summed E-state index contributed by atoms with van der Waals surface area (Å²) in [5.74, 6) is 6.20. The Hall–Kier alpha value is -4.04. The predicted octanol–water partition coefficient (Wildman–Crippen LogP) is 8.22. The topological polar surface area (TPSA) is 55.8 Å². The first-order chi connectivity index (χ1) is 20.3. The number of ether oxygens (including phenoxy) is 2. The molecule has 0 unspecified atom stereocenters. The number of nitrogens with zero attached hydrogens (tertiary/aromatic N) is 1. The zero-order valence-electron chi connectivity index (χ0n) is 25.1. The van der Waals surface area contributed by atoms with E-state index in [4.69, 9.17) is 9.47 Å². The SMILES string of the molecule is CCCCc1ccc(C#Cc2ccc(CN(C(=O)CCC3CCCC3)c3ccc4c(c3)C(=O)OC(C)(C)O4)cc2)cc1. The van der Waals surface area contributed by atoms with Crippen molar-refractivity contribution >= 4 is 17.6 Å². The molecular weight excluding hydrogens is 522 g/mol. The molecule has 2 aliphatic rings. The summed E-state index contributed by atoms with van der Waals surface area (Å²) in [5.41, 5.74) is 5.26. The van der Waals surface area contributed by atoms with Crippen LogP contribution in [-0.4, -0.2) is 17.7 Å². The third kappa shape index (κ3) is 7.62. The van der Waals surface area contributed by atoms with Gasteiger partial charge in [-0.2, -0.15) is 0 Å². The van der Waals surface area contributed by atoms with Gasteiger partial charge in [0, 0.05) is 37.1 Å². The summed E-state index contributed by atoms with van der Waals surface area (Å²) in [7, 11) is 0. The van der Waals surface area contributed by atoms with E-state index in [1.165, 1.54) is 44.1 Å². The Kier molecular flexibility index (Phi) is 9.32. The number of carbonyl (C=O) groups is 2. The van der Waals surface area contributed by atoms with Gasteiger partial charge in [-0.15, -0.1) is 0 Å². The fourth-order valence-corrected chi connectivity index (χ4v) is 5.74. The van der Waals surface area contributed by atoms with Crippen molar-refractivity contribution in [1.29, 1.82) is 0 Å². The summed E-state index contributed by atoms with van der Waals surface area (Å²) in [6.07, 6.45) is 9.80. The van der Waals surface area contributed by atoms with Crippen LogP contribution in [0.2, 0.25) is 0 Å². The van der Waals surface area contributed by atoms with Crippen LogP contribution in [0.5, 0.6) is 5.75 Å². The molecule has 218 valence electrons. The number of hydrogen-bond donors (Lipinski definition) is 0. The second kappa shape index (κ2) is 13.3. The van der Waals surface area contributed by atoms with Crippen LogP contribution in [0.3, 0.4) is 0 Å². The Morgan fingerprint density at radius 3 is 2.19 bits per heavy atom. The summed E-state index contributed by atoms with van der Waals surface area (Å²) < 4.78 is 11.3. The molecule has 0 atom stereocenters. The Balaban J connectivity index is 1.32. The molecule has 0 radical (unpaired) electrons. The minimum absolute atomic E-state index is 0.0542. The lowest BCUT2D eigenvalue weighted by Gasteiger charge is -2.32. The van der Waals surface area contributed by atoms with Crippen LogP contribution in [0.25, 0.3) is 0 Å². The number of unbranched alkanes of at least 4 members (excludes halogenated alkanes) is 1. The molecule has 5 rings (SSSR count). The van der Waals surface area contributed by atoms with Crippen molar-refractivity contribution in [3.05, 3.63) is 94.5 Å². The van der Waals surface area contributed by atoms with Crippen molar-refractivity contribution in [3.63, 3.8) is 0 Å². The van der Waals surface area contributed by atoms with Crippen molar-refractivity contribution in [2.45, 2.75) is 90.9 Å². The Labute approximate surface area is 250 Å². The minimum atomic E-state index is -1.02. The standard InChI is InChI=1S/C37H41NO4/c1-4-5-8-28-11-13-29(14-12-28)15-16-30-17-19-31(20-18-30)26-38(35(39)24-21-27-9-6-7-10-27)32-22-23-34-33(25-32)36(40)42-37(2,3)41-34/h11-14,17-20,22-23,25,27H,4-10,21,24,26H2,1-3H3. The third-order valence-electron chi connectivity index (χ3n) is 8.15. The quantitative estimate of drug-likeness (QED) is 0.194. The lowest BCUT2D eigenvalue weighted by Crippen LogP contribution is -2.39. The second-order valence-electron chi connectivity index (χ2n) is 12.0. The molecule has 1 heterocycles. The number of anilines is 1. The van der Waals surface area contributed by atoms with Gasteiger partial charge in [0.15, 0.2) is 0 Å². The van der Waals surface area contributed by atoms with E-state index in [2.05, 4.69) is 43.0 Å². The number of esters is 1. The number of amides is 1. The number of carbonyl (C=O) groups excluding carboxylic acids is 2.